The van der Waals surface area contributed by atoms with Crippen LogP contribution in [0.15, 0.2) is 30.7 Å². The fourth-order valence-corrected chi connectivity index (χ4v) is 4.19. The highest BCUT2D eigenvalue weighted by molar-refractivity contribution is 5.79. The maximum atomic E-state index is 13.8. The van der Waals surface area contributed by atoms with Crippen molar-refractivity contribution >= 4 is 17.4 Å². The number of amides is 1. The summed E-state index contributed by atoms with van der Waals surface area (Å²) in [5, 5.41) is 2.76. The minimum absolute atomic E-state index is 0.0112. The van der Waals surface area contributed by atoms with Crippen molar-refractivity contribution in [3.8, 4) is 0 Å². The van der Waals surface area contributed by atoms with Crippen LogP contribution in [0.25, 0.3) is 0 Å². The fraction of sp³-hybridized carbons (Fsp3) is 0.500. The SMILES string of the molecule is CN1CCN(c2ncncc2N2CCC(C(=O)NCc3cc(F)ccc3F)CC2)CC1. The number of hydrogen-bond acceptors (Lipinski definition) is 6. The van der Waals surface area contributed by atoms with Gasteiger partial charge in [-0.1, -0.05) is 0 Å². The third kappa shape index (κ3) is 5.10. The van der Waals surface area contributed by atoms with Gasteiger partial charge < -0.3 is 20.0 Å². The summed E-state index contributed by atoms with van der Waals surface area (Å²) < 4.78 is 27.1. The molecule has 2 aliphatic heterocycles. The van der Waals surface area contributed by atoms with Crippen LogP contribution in [-0.4, -0.2) is 67.1 Å². The van der Waals surface area contributed by atoms with Gasteiger partial charge >= 0.3 is 0 Å². The molecule has 0 atom stereocenters. The van der Waals surface area contributed by atoms with E-state index >= 15 is 0 Å². The number of anilines is 2. The molecule has 1 N–H and O–H groups in total. The van der Waals surface area contributed by atoms with E-state index in [1.165, 1.54) is 0 Å². The smallest absolute Gasteiger partial charge is 0.223 e. The summed E-state index contributed by atoms with van der Waals surface area (Å²) in [6.45, 7) is 5.28. The lowest BCUT2D eigenvalue weighted by atomic mass is 9.95. The van der Waals surface area contributed by atoms with Crippen molar-refractivity contribution in [2.24, 2.45) is 5.92 Å². The predicted molar refractivity (Wildman–Crippen MR) is 115 cm³/mol. The van der Waals surface area contributed by atoms with E-state index in [4.69, 9.17) is 0 Å². The molecule has 1 amide bonds. The van der Waals surface area contributed by atoms with Gasteiger partial charge in [-0.05, 0) is 38.1 Å². The third-order valence-corrected chi connectivity index (χ3v) is 6.14. The number of benzene rings is 1. The second-order valence-electron chi connectivity index (χ2n) is 8.24. The number of nitrogens with one attached hydrogen (secondary N) is 1. The molecule has 0 radical (unpaired) electrons. The minimum Gasteiger partial charge on any atom is -0.367 e. The Labute approximate surface area is 181 Å². The molecule has 0 saturated carbocycles. The largest absolute Gasteiger partial charge is 0.367 e. The molecule has 1 aromatic heterocycles. The van der Waals surface area contributed by atoms with E-state index in [9.17, 15) is 13.6 Å². The number of rotatable bonds is 5. The number of piperidine rings is 1. The molecule has 0 spiro atoms. The second kappa shape index (κ2) is 9.55. The van der Waals surface area contributed by atoms with Gasteiger partial charge in [0.25, 0.3) is 0 Å². The first-order chi connectivity index (χ1) is 15.0. The Morgan fingerprint density at radius 3 is 2.58 bits per heavy atom. The molecule has 2 fully saturated rings. The topological polar surface area (TPSA) is 64.6 Å². The van der Waals surface area contributed by atoms with Gasteiger partial charge in [-0.3, -0.25) is 4.79 Å². The molecule has 7 nitrogen and oxygen atoms in total. The summed E-state index contributed by atoms with van der Waals surface area (Å²) in [5.74, 6) is -0.346. The highest BCUT2D eigenvalue weighted by Crippen LogP contribution is 2.30. The van der Waals surface area contributed by atoms with Gasteiger partial charge in [-0.25, -0.2) is 18.7 Å². The molecule has 2 aromatic rings. The summed E-state index contributed by atoms with van der Waals surface area (Å²) >= 11 is 0. The van der Waals surface area contributed by atoms with Crippen LogP contribution in [0.4, 0.5) is 20.3 Å². The molecule has 9 heteroatoms. The molecule has 31 heavy (non-hydrogen) atoms. The van der Waals surface area contributed by atoms with Gasteiger partial charge in [0, 0.05) is 57.3 Å². The van der Waals surface area contributed by atoms with Crippen LogP contribution in [0.3, 0.4) is 0 Å². The molecule has 0 aliphatic carbocycles. The van der Waals surface area contributed by atoms with E-state index in [0.717, 1.165) is 69.0 Å². The van der Waals surface area contributed by atoms with Crippen LogP contribution >= 0.6 is 0 Å². The van der Waals surface area contributed by atoms with E-state index < -0.39 is 11.6 Å². The highest BCUT2D eigenvalue weighted by Gasteiger charge is 2.28. The van der Waals surface area contributed by atoms with Crippen molar-refractivity contribution in [2.45, 2.75) is 19.4 Å². The Kier molecular flexibility index (Phi) is 6.60. The van der Waals surface area contributed by atoms with Crippen LogP contribution < -0.4 is 15.1 Å². The number of carbonyl (C=O) groups excluding carboxylic acids is 1. The second-order valence-corrected chi connectivity index (χ2v) is 8.24. The Morgan fingerprint density at radius 1 is 1.10 bits per heavy atom. The number of hydrogen-bond donors (Lipinski definition) is 1. The van der Waals surface area contributed by atoms with Gasteiger partial charge in [-0.2, -0.15) is 0 Å². The summed E-state index contributed by atoms with van der Waals surface area (Å²) in [6, 6.07) is 3.27. The van der Waals surface area contributed by atoms with Gasteiger partial charge in [-0.15, -0.1) is 0 Å². The van der Waals surface area contributed by atoms with Gasteiger partial charge in [0.2, 0.25) is 5.91 Å². The summed E-state index contributed by atoms with van der Waals surface area (Å²) in [6.07, 6.45) is 4.82. The molecule has 0 bridgehead atoms. The molecule has 2 saturated heterocycles. The zero-order chi connectivity index (χ0) is 21.8. The minimum atomic E-state index is -0.517. The number of piperazine rings is 1. The first-order valence-electron chi connectivity index (χ1n) is 10.7. The van der Waals surface area contributed by atoms with E-state index in [0.29, 0.717) is 12.8 Å². The quantitative estimate of drug-likeness (QED) is 0.783. The molecule has 0 unspecified atom stereocenters. The van der Waals surface area contributed by atoms with Crippen molar-refractivity contribution in [1.29, 1.82) is 0 Å². The molecule has 1 aromatic carbocycles. The first-order valence-corrected chi connectivity index (χ1v) is 10.7. The van der Waals surface area contributed by atoms with E-state index in [-0.39, 0.29) is 23.9 Å². The summed E-state index contributed by atoms with van der Waals surface area (Å²) in [7, 11) is 2.12. The predicted octanol–water partition coefficient (Wildman–Crippen LogP) is 2.04. The first kappa shape index (κ1) is 21.4. The zero-order valence-corrected chi connectivity index (χ0v) is 17.7. The third-order valence-electron chi connectivity index (χ3n) is 6.14. The Hall–Kier alpha value is -2.81. The van der Waals surface area contributed by atoms with Crippen LogP contribution in [0.5, 0.6) is 0 Å². The molecule has 2 aliphatic rings. The van der Waals surface area contributed by atoms with Crippen LogP contribution in [0, 0.1) is 17.6 Å². The average Bonchev–Trinajstić information content (AvgIpc) is 2.80. The van der Waals surface area contributed by atoms with Crippen molar-refractivity contribution in [1.82, 2.24) is 20.2 Å². The lowest BCUT2D eigenvalue weighted by Crippen LogP contribution is -2.46. The summed E-state index contributed by atoms with van der Waals surface area (Å²) in [5.41, 5.74) is 1.16. The fourth-order valence-electron chi connectivity index (χ4n) is 4.19. The van der Waals surface area contributed by atoms with E-state index in [1.807, 2.05) is 6.20 Å². The van der Waals surface area contributed by atoms with Crippen LogP contribution in [0.1, 0.15) is 18.4 Å². The van der Waals surface area contributed by atoms with Crippen molar-refractivity contribution in [2.75, 3.05) is 56.1 Å². The molecule has 166 valence electrons. The normalized spacial score (nSPS) is 18.3. The molecular weight excluding hydrogens is 402 g/mol. The van der Waals surface area contributed by atoms with Gasteiger partial charge in [0.1, 0.15) is 18.0 Å². The zero-order valence-electron chi connectivity index (χ0n) is 17.7. The Morgan fingerprint density at radius 2 is 1.84 bits per heavy atom. The summed E-state index contributed by atoms with van der Waals surface area (Å²) in [4.78, 5) is 28.2. The lowest BCUT2D eigenvalue weighted by molar-refractivity contribution is -0.125. The number of aromatic nitrogens is 2. The number of nitrogens with zero attached hydrogens (tertiary/aromatic N) is 5. The van der Waals surface area contributed by atoms with E-state index in [2.05, 4.69) is 37.0 Å². The monoisotopic (exact) mass is 430 g/mol. The van der Waals surface area contributed by atoms with Crippen molar-refractivity contribution < 1.29 is 13.6 Å². The number of likely N-dealkylation sites (N-methyl/N-ethyl adjacent to an activating group) is 1. The lowest BCUT2D eigenvalue weighted by Gasteiger charge is -2.38. The maximum Gasteiger partial charge on any atom is 0.223 e. The van der Waals surface area contributed by atoms with E-state index in [1.54, 1.807) is 6.33 Å². The van der Waals surface area contributed by atoms with Crippen molar-refractivity contribution in [3.63, 3.8) is 0 Å². The van der Waals surface area contributed by atoms with Crippen molar-refractivity contribution in [3.05, 3.63) is 47.9 Å². The number of carbonyl (C=O) groups is 1. The van der Waals surface area contributed by atoms with Gasteiger partial charge in [0.05, 0.1) is 11.9 Å². The number of halogens is 2. The highest BCUT2D eigenvalue weighted by atomic mass is 19.1. The Bertz CT molecular complexity index is 911. The van der Waals surface area contributed by atoms with Crippen LogP contribution in [0.2, 0.25) is 0 Å². The maximum absolute atomic E-state index is 13.8. The molecular formula is C22H28F2N6O. The molecule has 4 rings (SSSR count). The molecule has 3 heterocycles. The van der Waals surface area contributed by atoms with Gasteiger partial charge in [0.15, 0.2) is 5.82 Å². The van der Waals surface area contributed by atoms with Crippen LogP contribution in [-0.2, 0) is 11.3 Å². The standard InChI is InChI=1S/C22H28F2N6O/c1-28-8-10-30(11-9-28)21-20(14-25-15-27-21)29-6-4-16(5-7-29)22(31)26-13-17-12-18(23)2-3-19(17)24/h2-3,12,14-16H,4-11,13H2,1H3,(H,26,31). The average molecular weight is 431 g/mol. The Balaban J connectivity index is 1.34.